The zero-order valence-electron chi connectivity index (χ0n) is 14.8. The lowest BCUT2D eigenvalue weighted by atomic mass is 9.89. The molecule has 0 aliphatic heterocycles. The van der Waals surface area contributed by atoms with Gasteiger partial charge in [-0.25, -0.2) is 0 Å². The van der Waals surface area contributed by atoms with Gasteiger partial charge in [-0.05, 0) is 38.4 Å². The SMILES string of the molecule is CSc1nnc(CCCNC(=O)C2CCCCC2)n1C1CCCC1. The van der Waals surface area contributed by atoms with E-state index in [2.05, 4.69) is 26.3 Å². The lowest BCUT2D eigenvalue weighted by Gasteiger charge is -2.20. The number of amides is 1. The van der Waals surface area contributed by atoms with Gasteiger partial charge in [0.25, 0.3) is 0 Å². The van der Waals surface area contributed by atoms with Gasteiger partial charge >= 0.3 is 0 Å². The summed E-state index contributed by atoms with van der Waals surface area (Å²) in [7, 11) is 0. The standard InChI is InChI=1S/C18H30N4OS/c1-24-18-21-20-16(22(18)15-10-5-6-11-15)12-7-13-19-17(23)14-8-3-2-4-9-14/h14-15H,2-13H2,1H3,(H,19,23). The van der Waals surface area contributed by atoms with Gasteiger partial charge in [0, 0.05) is 24.9 Å². The molecule has 0 bridgehead atoms. The van der Waals surface area contributed by atoms with Crippen LogP contribution in [0, 0.1) is 5.92 Å². The van der Waals surface area contributed by atoms with Crippen molar-refractivity contribution in [3.05, 3.63) is 5.82 Å². The Morgan fingerprint density at radius 1 is 1.12 bits per heavy atom. The van der Waals surface area contributed by atoms with Crippen LogP contribution in [0.2, 0.25) is 0 Å². The number of carbonyl (C=O) groups is 1. The highest BCUT2D eigenvalue weighted by Crippen LogP contribution is 2.33. The van der Waals surface area contributed by atoms with Gasteiger partial charge < -0.3 is 9.88 Å². The van der Waals surface area contributed by atoms with Crippen LogP contribution in [0.1, 0.15) is 76.1 Å². The number of hydrogen-bond donors (Lipinski definition) is 1. The molecule has 2 aliphatic carbocycles. The predicted molar refractivity (Wildman–Crippen MR) is 97.2 cm³/mol. The first kappa shape index (κ1) is 17.8. The Hall–Kier alpha value is -1.04. The van der Waals surface area contributed by atoms with Gasteiger partial charge in [-0.1, -0.05) is 43.9 Å². The summed E-state index contributed by atoms with van der Waals surface area (Å²) < 4.78 is 2.36. The minimum Gasteiger partial charge on any atom is -0.356 e. The molecule has 1 heterocycles. The summed E-state index contributed by atoms with van der Waals surface area (Å²) in [5, 5.41) is 12.9. The highest BCUT2D eigenvalue weighted by Gasteiger charge is 2.24. The second-order valence-corrected chi connectivity index (χ2v) is 7.91. The monoisotopic (exact) mass is 350 g/mol. The molecule has 5 nitrogen and oxygen atoms in total. The molecular weight excluding hydrogens is 320 g/mol. The summed E-state index contributed by atoms with van der Waals surface area (Å²) in [6.07, 6.45) is 14.9. The highest BCUT2D eigenvalue weighted by molar-refractivity contribution is 7.98. The molecule has 0 aromatic carbocycles. The van der Waals surface area contributed by atoms with Crippen molar-refractivity contribution >= 4 is 17.7 Å². The molecule has 24 heavy (non-hydrogen) atoms. The molecule has 2 aliphatic rings. The molecule has 0 spiro atoms. The van der Waals surface area contributed by atoms with Crippen LogP contribution in [0.4, 0.5) is 0 Å². The smallest absolute Gasteiger partial charge is 0.223 e. The lowest BCUT2D eigenvalue weighted by Crippen LogP contribution is -2.32. The van der Waals surface area contributed by atoms with Gasteiger partial charge in [-0.3, -0.25) is 4.79 Å². The number of thioether (sulfide) groups is 1. The lowest BCUT2D eigenvalue weighted by molar-refractivity contribution is -0.125. The third-order valence-corrected chi connectivity index (χ3v) is 6.10. The Balaban J connectivity index is 1.48. The van der Waals surface area contributed by atoms with Gasteiger partial charge in [0.05, 0.1) is 0 Å². The highest BCUT2D eigenvalue weighted by atomic mass is 32.2. The van der Waals surface area contributed by atoms with Crippen molar-refractivity contribution in [2.75, 3.05) is 12.8 Å². The quantitative estimate of drug-likeness (QED) is 0.601. The predicted octanol–water partition coefficient (Wildman–Crippen LogP) is 3.74. The summed E-state index contributed by atoms with van der Waals surface area (Å²) >= 11 is 1.69. The van der Waals surface area contributed by atoms with Crippen LogP contribution in [0.15, 0.2) is 5.16 Å². The Morgan fingerprint density at radius 3 is 2.54 bits per heavy atom. The van der Waals surface area contributed by atoms with E-state index in [1.54, 1.807) is 11.8 Å². The average Bonchev–Trinajstić information content (AvgIpc) is 3.28. The number of aryl methyl sites for hydroxylation is 1. The fourth-order valence-electron chi connectivity index (χ4n) is 4.11. The molecule has 1 aromatic heterocycles. The second kappa shape index (κ2) is 8.88. The van der Waals surface area contributed by atoms with E-state index < -0.39 is 0 Å². The Bertz CT molecular complexity index is 533. The first-order chi connectivity index (χ1) is 11.8. The van der Waals surface area contributed by atoms with Crippen molar-refractivity contribution in [1.29, 1.82) is 0 Å². The summed E-state index contributed by atoms with van der Waals surface area (Å²) in [4.78, 5) is 12.2. The third-order valence-electron chi connectivity index (χ3n) is 5.46. The molecule has 0 unspecified atom stereocenters. The Kier molecular flexibility index (Phi) is 6.58. The van der Waals surface area contributed by atoms with Gasteiger partial charge in [-0.2, -0.15) is 0 Å². The average molecular weight is 351 g/mol. The van der Waals surface area contributed by atoms with Crippen molar-refractivity contribution < 1.29 is 4.79 Å². The Labute approximate surface area is 149 Å². The van der Waals surface area contributed by atoms with Crippen LogP contribution in [0.3, 0.4) is 0 Å². The van der Waals surface area contributed by atoms with Crippen LogP contribution < -0.4 is 5.32 Å². The molecule has 3 rings (SSSR count). The van der Waals surface area contributed by atoms with Crippen molar-refractivity contribution in [2.45, 2.75) is 81.8 Å². The maximum atomic E-state index is 12.2. The van der Waals surface area contributed by atoms with Crippen LogP contribution in [0.25, 0.3) is 0 Å². The summed E-state index contributed by atoms with van der Waals surface area (Å²) in [5.74, 6) is 1.61. The molecule has 1 aromatic rings. The van der Waals surface area contributed by atoms with Crippen molar-refractivity contribution in [2.24, 2.45) is 5.92 Å². The van der Waals surface area contributed by atoms with Gasteiger partial charge in [0.1, 0.15) is 5.82 Å². The molecular formula is C18H30N4OS. The minimum absolute atomic E-state index is 0.254. The zero-order valence-corrected chi connectivity index (χ0v) is 15.6. The molecule has 1 N–H and O–H groups in total. The maximum Gasteiger partial charge on any atom is 0.223 e. The summed E-state index contributed by atoms with van der Waals surface area (Å²) in [5.41, 5.74) is 0. The molecule has 134 valence electrons. The van der Waals surface area contributed by atoms with Crippen molar-refractivity contribution in [3.8, 4) is 0 Å². The van der Waals surface area contributed by atoms with Crippen LogP contribution >= 0.6 is 11.8 Å². The first-order valence-corrected chi connectivity index (χ1v) is 10.8. The number of carbonyl (C=O) groups excluding carboxylic acids is 1. The van der Waals surface area contributed by atoms with Crippen molar-refractivity contribution in [1.82, 2.24) is 20.1 Å². The van der Waals surface area contributed by atoms with E-state index in [1.807, 2.05) is 0 Å². The van der Waals surface area contributed by atoms with E-state index in [-0.39, 0.29) is 11.8 Å². The largest absolute Gasteiger partial charge is 0.356 e. The molecule has 0 radical (unpaired) electrons. The van der Waals surface area contributed by atoms with Gasteiger partial charge in [0.2, 0.25) is 5.91 Å². The van der Waals surface area contributed by atoms with Crippen LogP contribution in [-0.4, -0.2) is 33.5 Å². The summed E-state index contributed by atoms with van der Waals surface area (Å²) in [6.45, 7) is 0.751. The maximum absolute atomic E-state index is 12.2. The summed E-state index contributed by atoms with van der Waals surface area (Å²) in [6, 6.07) is 0.578. The Morgan fingerprint density at radius 2 is 1.83 bits per heavy atom. The van der Waals surface area contributed by atoms with Crippen molar-refractivity contribution in [3.63, 3.8) is 0 Å². The van der Waals surface area contributed by atoms with Gasteiger partial charge in [0.15, 0.2) is 5.16 Å². The minimum atomic E-state index is 0.254. The molecule has 6 heteroatoms. The molecule has 1 amide bonds. The number of hydrogen-bond acceptors (Lipinski definition) is 4. The van der Waals surface area contributed by atoms with E-state index in [9.17, 15) is 4.79 Å². The van der Waals surface area contributed by atoms with Crippen LogP contribution in [0.5, 0.6) is 0 Å². The number of nitrogens with one attached hydrogen (secondary N) is 1. The molecule has 0 atom stereocenters. The van der Waals surface area contributed by atoms with E-state index in [0.717, 1.165) is 43.2 Å². The number of nitrogens with zero attached hydrogens (tertiary/aromatic N) is 3. The molecule has 2 saturated carbocycles. The van der Waals surface area contributed by atoms with E-state index in [4.69, 9.17) is 0 Å². The number of aromatic nitrogens is 3. The normalized spacial score (nSPS) is 19.7. The fraction of sp³-hybridized carbons (Fsp3) is 0.833. The van der Waals surface area contributed by atoms with Crippen LogP contribution in [-0.2, 0) is 11.2 Å². The second-order valence-electron chi connectivity index (χ2n) is 7.14. The zero-order chi connectivity index (χ0) is 16.8. The molecule has 2 fully saturated rings. The van der Waals surface area contributed by atoms with E-state index >= 15 is 0 Å². The third kappa shape index (κ3) is 4.32. The first-order valence-electron chi connectivity index (χ1n) is 9.55. The topological polar surface area (TPSA) is 59.8 Å². The molecule has 0 saturated heterocycles. The van der Waals surface area contributed by atoms with E-state index in [0.29, 0.717) is 6.04 Å². The van der Waals surface area contributed by atoms with Gasteiger partial charge in [-0.15, -0.1) is 10.2 Å². The fourth-order valence-corrected chi connectivity index (χ4v) is 4.69. The van der Waals surface area contributed by atoms with E-state index in [1.165, 1.54) is 44.9 Å². The number of rotatable bonds is 7.